The highest BCUT2D eigenvalue weighted by Crippen LogP contribution is 2.68. The maximum Gasteiger partial charge on any atom is 0.220 e. The Bertz CT molecular complexity index is 894. The number of halogens is 1. The number of rotatable bonds is 2. The first-order chi connectivity index (χ1) is 10.6. The number of anilines is 1. The van der Waals surface area contributed by atoms with E-state index in [4.69, 9.17) is 5.73 Å². The summed E-state index contributed by atoms with van der Waals surface area (Å²) in [4.78, 5) is 8.29. The van der Waals surface area contributed by atoms with Gasteiger partial charge in [0.1, 0.15) is 5.67 Å². The molecule has 0 spiro atoms. The molecule has 110 valence electrons. The summed E-state index contributed by atoms with van der Waals surface area (Å²) < 4.78 is 16.2. The summed E-state index contributed by atoms with van der Waals surface area (Å²) in [6.07, 6.45) is 5.66. The second-order valence-electron chi connectivity index (χ2n) is 6.64. The molecule has 3 aromatic rings. The van der Waals surface area contributed by atoms with E-state index < -0.39 is 5.67 Å². The third-order valence-corrected chi connectivity index (χ3v) is 5.11. The van der Waals surface area contributed by atoms with Gasteiger partial charge in [-0.3, -0.25) is 0 Å². The van der Waals surface area contributed by atoms with E-state index in [1.807, 2.05) is 18.2 Å². The Balaban J connectivity index is 1.73. The Hall–Kier alpha value is -2.43. The SMILES string of the molecule is Nc1nccc(-c2cn(C34CC(F)(C3)C4)c3ccccc23)n1. The molecule has 3 saturated carbocycles. The first-order valence-electron chi connectivity index (χ1n) is 7.47. The lowest BCUT2D eigenvalue weighted by atomic mass is 9.47. The average molecular weight is 294 g/mol. The molecule has 3 aliphatic carbocycles. The van der Waals surface area contributed by atoms with Gasteiger partial charge in [-0.2, -0.15) is 0 Å². The van der Waals surface area contributed by atoms with Crippen LogP contribution in [0.2, 0.25) is 0 Å². The number of aromatic nitrogens is 3. The van der Waals surface area contributed by atoms with Crippen molar-refractivity contribution in [2.45, 2.75) is 30.5 Å². The van der Waals surface area contributed by atoms with Crippen molar-refractivity contribution in [3.8, 4) is 11.3 Å². The number of hydrogen-bond acceptors (Lipinski definition) is 3. The van der Waals surface area contributed by atoms with Gasteiger partial charge in [0, 0.05) is 48.1 Å². The molecule has 0 aliphatic heterocycles. The quantitative estimate of drug-likeness (QED) is 0.789. The summed E-state index contributed by atoms with van der Waals surface area (Å²) in [7, 11) is 0. The molecule has 2 heterocycles. The molecular formula is C17H15FN4. The minimum Gasteiger partial charge on any atom is -0.368 e. The van der Waals surface area contributed by atoms with Gasteiger partial charge < -0.3 is 10.3 Å². The number of nitrogen functional groups attached to an aromatic ring is 1. The van der Waals surface area contributed by atoms with Crippen LogP contribution < -0.4 is 5.73 Å². The van der Waals surface area contributed by atoms with Gasteiger partial charge in [0.05, 0.1) is 11.2 Å². The fourth-order valence-corrected chi connectivity index (χ4v) is 4.17. The highest BCUT2D eigenvalue weighted by molar-refractivity contribution is 5.95. The van der Waals surface area contributed by atoms with Crippen molar-refractivity contribution in [3.63, 3.8) is 0 Å². The van der Waals surface area contributed by atoms with Crippen LogP contribution in [0.4, 0.5) is 10.3 Å². The lowest BCUT2D eigenvalue weighted by Gasteiger charge is -2.66. The number of hydrogen-bond donors (Lipinski definition) is 1. The van der Waals surface area contributed by atoms with Crippen LogP contribution in [-0.2, 0) is 5.54 Å². The van der Waals surface area contributed by atoms with E-state index in [0.717, 1.165) is 22.2 Å². The molecule has 6 rings (SSSR count). The number of benzene rings is 1. The minimum atomic E-state index is -0.912. The maximum absolute atomic E-state index is 13.9. The topological polar surface area (TPSA) is 56.7 Å². The van der Waals surface area contributed by atoms with Crippen molar-refractivity contribution in [3.05, 3.63) is 42.7 Å². The van der Waals surface area contributed by atoms with E-state index in [2.05, 4.69) is 32.9 Å². The minimum absolute atomic E-state index is 0.0365. The molecule has 0 radical (unpaired) electrons. The van der Waals surface area contributed by atoms with E-state index in [9.17, 15) is 4.39 Å². The van der Waals surface area contributed by atoms with Gasteiger partial charge in [0.2, 0.25) is 5.95 Å². The van der Waals surface area contributed by atoms with E-state index in [0.29, 0.717) is 19.3 Å². The Kier molecular flexibility index (Phi) is 2.02. The maximum atomic E-state index is 13.9. The number of nitrogens with zero attached hydrogens (tertiary/aromatic N) is 3. The van der Waals surface area contributed by atoms with Gasteiger partial charge >= 0.3 is 0 Å². The van der Waals surface area contributed by atoms with Crippen molar-refractivity contribution in [1.82, 2.24) is 14.5 Å². The number of para-hydroxylation sites is 1. The monoisotopic (exact) mass is 294 g/mol. The molecule has 2 bridgehead atoms. The van der Waals surface area contributed by atoms with Gasteiger partial charge in [0.15, 0.2) is 0 Å². The summed E-state index contributed by atoms with van der Waals surface area (Å²) in [5.41, 5.74) is 7.74. The molecule has 2 aromatic heterocycles. The van der Waals surface area contributed by atoms with Crippen LogP contribution >= 0.6 is 0 Å². The zero-order valence-electron chi connectivity index (χ0n) is 12.0. The average Bonchev–Trinajstić information content (AvgIpc) is 2.83. The van der Waals surface area contributed by atoms with Crippen LogP contribution in [0, 0.1) is 0 Å². The molecule has 5 heteroatoms. The van der Waals surface area contributed by atoms with E-state index >= 15 is 0 Å². The lowest BCUT2D eigenvalue weighted by Crippen LogP contribution is -2.69. The second kappa shape index (κ2) is 3.66. The van der Waals surface area contributed by atoms with Gasteiger partial charge in [-0.15, -0.1) is 0 Å². The predicted molar refractivity (Wildman–Crippen MR) is 83.0 cm³/mol. The van der Waals surface area contributed by atoms with Gasteiger partial charge in [-0.25, -0.2) is 14.4 Å². The van der Waals surface area contributed by atoms with Crippen LogP contribution in [0.3, 0.4) is 0 Å². The van der Waals surface area contributed by atoms with Crippen LogP contribution in [0.25, 0.3) is 22.2 Å². The molecule has 4 nitrogen and oxygen atoms in total. The standard InChI is InChI=1S/C17H15FN4/c18-16-8-17(9-16,10-16)22-7-12(11-3-1-2-4-14(11)22)13-5-6-20-15(19)21-13/h1-7H,8-10H2,(H2,19,20,21). The molecule has 0 atom stereocenters. The van der Waals surface area contributed by atoms with E-state index in [-0.39, 0.29) is 11.5 Å². The predicted octanol–water partition coefficient (Wildman–Crippen LogP) is 3.28. The number of fused-ring (bicyclic) bond motifs is 1. The van der Waals surface area contributed by atoms with Crippen LogP contribution in [0.1, 0.15) is 19.3 Å². The third-order valence-electron chi connectivity index (χ3n) is 5.11. The lowest BCUT2D eigenvalue weighted by molar-refractivity contribution is -0.196. The Labute approximate surface area is 126 Å². The zero-order valence-corrected chi connectivity index (χ0v) is 12.0. The number of nitrogens with two attached hydrogens (primary N) is 1. The molecule has 0 unspecified atom stereocenters. The number of alkyl halides is 1. The van der Waals surface area contributed by atoms with Crippen LogP contribution in [0.5, 0.6) is 0 Å². The fourth-order valence-electron chi connectivity index (χ4n) is 4.17. The summed E-state index contributed by atoms with van der Waals surface area (Å²) in [6.45, 7) is 0. The molecule has 3 aliphatic rings. The van der Waals surface area contributed by atoms with Crippen molar-refractivity contribution in [1.29, 1.82) is 0 Å². The van der Waals surface area contributed by atoms with Crippen LogP contribution in [-0.4, -0.2) is 20.2 Å². The van der Waals surface area contributed by atoms with Gasteiger partial charge in [-0.1, -0.05) is 18.2 Å². The van der Waals surface area contributed by atoms with Crippen molar-refractivity contribution in [2.75, 3.05) is 5.73 Å². The molecule has 0 amide bonds. The first-order valence-corrected chi connectivity index (χ1v) is 7.47. The zero-order chi connectivity index (χ0) is 14.9. The van der Waals surface area contributed by atoms with Gasteiger partial charge in [0.25, 0.3) is 0 Å². The van der Waals surface area contributed by atoms with E-state index in [1.54, 1.807) is 6.20 Å². The van der Waals surface area contributed by atoms with Gasteiger partial charge in [-0.05, 0) is 12.1 Å². The first kappa shape index (κ1) is 12.1. The summed E-state index contributed by atoms with van der Waals surface area (Å²) in [5, 5.41) is 1.12. The normalized spacial score (nSPS) is 29.1. The van der Waals surface area contributed by atoms with Crippen molar-refractivity contribution >= 4 is 16.9 Å². The molecular weight excluding hydrogens is 279 g/mol. The van der Waals surface area contributed by atoms with Crippen molar-refractivity contribution < 1.29 is 4.39 Å². The summed E-state index contributed by atoms with van der Waals surface area (Å²) in [5.74, 6) is 0.266. The third kappa shape index (κ3) is 1.41. The largest absolute Gasteiger partial charge is 0.368 e. The summed E-state index contributed by atoms with van der Waals surface area (Å²) >= 11 is 0. The smallest absolute Gasteiger partial charge is 0.220 e. The van der Waals surface area contributed by atoms with Crippen LogP contribution in [0.15, 0.2) is 42.7 Å². The molecule has 3 fully saturated rings. The van der Waals surface area contributed by atoms with E-state index in [1.165, 1.54) is 0 Å². The summed E-state index contributed by atoms with van der Waals surface area (Å²) in [6, 6.07) is 10.1. The molecule has 1 aromatic carbocycles. The Morgan fingerprint density at radius 1 is 1.14 bits per heavy atom. The molecule has 22 heavy (non-hydrogen) atoms. The highest BCUT2D eigenvalue weighted by atomic mass is 19.1. The molecule has 0 saturated heterocycles. The highest BCUT2D eigenvalue weighted by Gasteiger charge is 2.70. The second-order valence-corrected chi connectivity index (χ2v) is 6.64. The Morgan fingerprint density at radius 3 is 2.64 bits per heavy atom. The molecule has 2 N–H and O–H groups in total. The fraction of sp³-hybridized carbons (Fsp3) is 0.294. The Morgan fingerprint density at radius 2 is 1.91 bits per heavy atom. The van der Waals surface area contributed by atoms with Crippen molar-refractivity contribution in [2.24, 2.45) is 0 Å².